The Hall–Kier alpha value is -3.86. The Morgan fingerprint density at radius 3 is 1.17 bits per heavy atom. The molecular formula is C20H12N2O6S2. The van der Waals surface area contributed by atoms with Crippen molar-refractivity contribution >= 4 is 19.7 Å². The fraction of sp³-hybridized carbons (Fsp3) is 0. The lowest BCUT2D eigenvalue weighted by Crippen LogP contribution is -2.13. The second-order valence-electron chi connectivity index (χ2n) is 5.96. The molecule has 3 rings (SSSR count). The third kappa shape index (κ3) is 3.14. The molecule has 0 heterocycles. The van der Waals surface area contributed by atoms with Crippen LogP contribution in [0.1, 0.15) is 11.1 Å². The van der Waals surface area contributed by atoms with E-state index in [1.807, 2.05) is 0 Å². The van der Waals surface area contributed by atoms with Gasteiger partial charge in [0, 0.05) is 0 Å². The van der Waals surface area contributed by atoms with Gasteiger partial charge in [0.15, 0.2) is 11.5 Å². The number of benzene rings is 3. The maximum atomic E-state index is 13.2. The van der Waals surface area contributed by atoms with E-state index in [9.17, 15) is 37.6 Å². The van der Waals surface area contributed by atoms with E-state index in [4.69, 9.17) is 0 Å². The summed E-state index contributed by atoms with van der Waals surface area (Å²) in [5.74, 6) is -2.46. The summed E-state index contributed by atoms with van der Waals surface area (Å²) in [4.78, 5) is -3.10. The van der Waals surface area contributed by atoms with E-state index >= 15 is 0 Å². The Kier molecular flexibility index (Phi) is 5.23. The molecule has 8 nitrogen and oxygen atoms in total. The molecule has 0 aliphatic heterocycles. The van der Waals surface area contributed by atoms with Gasteiger partial charge in [0.25, 0.3) is 0 Å². The third-order valence-electron chi connectivity index (χ3n) is 4.23. The van der Waals surface area contributed by atoms with Crippen LogP contribution in [0.15, 0.2) is 80.2 Å². The lowest BCUT2D eigenvalue weighted by atomic mass is 10.1. The zero-order valence-corrected chi connectivity index (χ0v) is 16.6. The van der Waals surface area contributed by atoms with E-state index in [1.54, 1.807) is 0 Å². The summed E-state index contributed by atoms with van der Waals surface area (Å²) in [5.41, 5.74) is -1.70. The first-order chi connectivity index (χ1) is 14.2. The van der Waals surface area contributed by atoms with E-state index in [0.29, 0.717) is 0 Å². The lowest BCUT2D eigenvalue weighted by molar-refractivity contribution is 0.425. The van der Waals surface area contributed by atoms with Crippen LogP contribution in [-0.2, 0) is 19.7 Å². The molecule has 0 fully saturated rings. The first kappa shape index (κ1) is 20.9. The van der Waals surface area contributed by atoms with Crippen LogP contribution in [-0.4, -0.2) is 27.0 Å². The molecule has 0 aliphatic carbocycles. The molecule has 0 unspecified atom stereocenters. The van der Waals surface area contributed by atoms with E-state index in [1.165, 1.54) is 48.5 Å². The zero-order chi connectivity index (χ0) is 22.1. The Bertz CT molecular complexity index is 1320. The van der Waals surface area contributed by atoms with Gasteiger partial charge in [-0.05, 0) is 24.3 Å². The minimum atomic E-state index is -4.72. The molecule has 3 aromatic carbocycles. The van der Waals surface area contributed by atoms with Crippen molar-refractivity contribution in [3.63, 3.8) is 0 Å². The first-order valence-electron chi connectivity index (χ1n) is 8.20. The highest BCUT2D eigenvalue weighted by Gasteiger charge is 2.39. The van der Waals surface area contributed by atoms with Crippen LogP contribution in [0, 0.1) is 22.7 Å². The van der Waals surface area contributed by atoms with Crippen molar-refractivity contribution in [2.24, 2.45) is 0 Å². The van der Waals surface area contributed by atoms with Crippen LogP contribution in [0.2, 0.25) is 0 Å². The van der Waals surface area contributed by atoms with Gasteiger partial charge in [-0.3, -0.25) is 0 Å². The van der Waals surface area contributed by atoms with Crippen LogP contribution >= 0.6 is 0 Å². The molecule has 10 heteroatoms. The number of nitriles is 2. The van der Waals surface area contributed by atoms with Crippen molar-refractivity contribution in [3.8, 4) is 23.6 Å². The second kappa shape index (κ2) is 7.52. The standard InChI is InChI=1S/C20H12N2O6S2/c21-11-15-16(12-22)18(24)20(30(27,28)14-9-5-2-6-10-14)19(17(15)23)29(25,26)13-7-3-1-4-8-13/h1-10,23-24H. The maximum absolute atomic E-state index is 13.2. The van der Waals surface area contributed by atoms with Crippen molar-refractivity contribution < 1.29 is 27.0 Å². The predicted octanol–water partition coefficient (Wildman–Crippen LogP) is 2.51. The smallest absolute Gasteiger partial charge is 0.211 e. The molecule has 0 amide bonds. The van der Waals surface area contributed by atoms with Crippen LogP contribution in [0.5, 0.6) is 11.5 Å². The molecule has 0 aliphatic rings. The maximum Gasteiger partial charge on any atom is 0.211 e. The fourth-order valence-corrected chi connectivity index (χ4v) is 6.39. The molecule has 0 saturated heterocycles. The third-order valence-corrected chi connectivity index (χ3v) is 8.01. The Morgan fingerprint density at radius 2 is 0.900 bits per heavy atom. The minimum Gasteiger partial charge on any atom is -0.505 e. The van der Waals surface area contributed by atoms with Gasteiger partial charge in [-0.1, -0.05) is 36.4 Å². The minimum absolute atomic E-state index is 0.377. The molecule has 150 valence electrons. The molecule has 30 heavy (non-hydrogen) atoms. The second-order valence-corrected chi connectivity index (χ2v) is 9.74. The molecule has 0 atom stereocenters. The van der Waals surface area contributed by atoms with E-state index in [-0.39, 0.29) is 9.79 Å². The van der Waals surface area contributed by atoms with Gasteiger partial charge in [-0.2, -0.15) is 10.5 Å². The van der Waals surface area contributed by atoms with Gasteiger partial charge in [0.2, 0.25) is 19.7 Å². The largest absolute Gasteiger partial charge is 0.505 e. The van der Waals surface area contributed by atoms with Gasteiger partial charge in [-0.25, -0.2) is 16.8 Å². The highest BCUT2D eigenvalue weighted by atomic mass is 32.2. The number of hydrogen-bond donors (Lipinski definition) is 2. The van der Waals surface area contributed by atoms with Crippen LogP contribution in [0.4, 0.5) is 0 Å². The summed E-state index contributed by atoms with van der Waals surface area (Å²) < 4.78 is 53.0. The molecule has 0 spiro atoms. The van der Waals surface area contributed by atoms with Crippen molar-refractivity contribution in [1.82, 2.24) is 0 Å². The zero-order valence-electron chi connectivity index (χ0n) is 15.0. The number of rotatable bonds is 4. The van der Waals surface area contributed by atoms with E-state index in [2.05, 4.69) is 0 Å². The van der Waals surface area contributed by atoms with Crippen molar-refractivity contribution in [3.05, 3.63) is 71.8 Å². The van der Waals surface area contributed by atoms with Gasteiger partial charge in [0.05, 0.1) is 9.79 Å². The summed E-state index contributed by atoms with van der Waals surface area (Å²) in [6, 6.07) is 16.1. The summed E-state index contributed by atoms with van der Waals surface area (Å²) in [5, 5.41) is 39.8. The average molecular weight is 440 g/mol. The highest BCUT2D eigenvalue weighted by Crippen LogP contribution is 2.46. The number of hydrogen-bond acceptors (Lipinski definition) is 8. The van der Waals surface area contributed by atoms with Gasteiger partial charge in [0.1, 0.15) is 33.1 Å². The number of phenols is 2. The quantitative estimate of drug-likeness (QED) is 0.586. The fourth-order valence-electron chi connectivity index (χ4n) is 2.83. The molecular weight excluding hydrogens is 428 g/mol. The molecule has 0 bridgehead atoms. The number of aromatic hydroxyl groups is 2. The lowest BCUT2D eigenvalue weighted by Gasteiger charge is -2.17. The molecule has 0 aromatic heterocycles. The number of sulfone groups is 2. The monoisotopic (exact) mass is 440 g/mol. The van der Waals surface area contributed by atoms with Crippen LogP contribution < -0.4 is 0 Å². The van der Waals surface area contributed by atoms with E-state index < -0.39 is 52.1 Å². The normalized spacial score (nSPS) is 11.4. The first-order valence-corrected chi connectivity index (χ1v) is 11.2. The average Bonchev–Trinajstić information content (AvgIpc) is 2.75. The van der Waals surface area contributed by atoms with Crippen LogP contribution in [0.25, 0.3) is 0 Å². The summed E-state index contributed by atoms with van der Waals surface area (Å²) >= 11 is 0. The van der Waals surface area contributed by atoms with Crippen molar-refractivity contribution in [1.29, 1.82) is 10.5 Å². The summed E-state index contributed by atoms with van der Waals surface area (Å²) in [7, 11) is -9.44. The number of nitrogens with zero attached hydrogens (tertiary/aromatic N) is 2. The summed E-state index contributed by atoms with van der Waals surface area (Å²) in [6.45, 7) is 0. The van der Waals surface area contributed by atoms with Gasteiger partial charge < -0.3 is 10.2 Å². The molecule has 0 radical (unpaired) electrons. The SMILES string of the molecule is N#Cc1c(O)c(S(=O)(=O)c2ccccc2)c(S(=O)(=O)c2ccccc2)c(O)c1C#N. The van der Waals surface area contributed by atoms with Crippen LogP contribution in [0.3, 0.4) is 0 Å². The van der Waals surface area contributed by atoms with Gasteiger partial charge in [-0.15, -0.1) is 0 Å². The number of phenolic OH excluding ortho intramolecular Hbond substituents is 2. The van der Waals surface area contributed by atoms with Crippen molar-refractivity contribution in [2.45, 2.75) is 19.6 Å². The van der Waals surface area contributed by atoms with E-state index in [0.717, 1.165) is 24.3 Å². The molecule has 3 aromatic rings. The van der Waals surface area contributed by atoms with Gasteiger partial charge >= 0.3 is 0 Å². The predicted molar refractivity (Wildman–Crippen MR) is 103 cm³/mol. The summed E-state index contributed by atoms with van der Waals surface area (Å²) in [6.07, 6.45) is 0. The highest BCUT2D eigenvalue weighted by molar-refractivity contribution is 7.94. The Labute approximate surface area is 172 Å². The Balaban J connectivity index is 2.57. The molecule has 0 saturated carbocycles. The van der Waals surface area contributed by atoms with Crippen molar-refractivity contribution in [2.75, 3.05) is 0 Å². The topological polar surface area (TPSA) is 156 Å². The Morgan fingerprint density at radius 1 is 0.600 bits per heavy atom. The molecule has 2 N–H and O–H groups in total.